The Bertz CT molecular complexity index is 1300. The number of hydrogen-bond acceptors (Lipinski definition) is 7. The summed E-state index contributed by atoms with van der Waals surface area (Å²) in [4.78, 5) is 36.2. The largest absolute Gasteiger partial charge is 0.355 e. The highest BCUT2D eigenvalue weighted by molar-refractivity contribution is 7.88. The molecule has 37 heavy (non-hydrogen) atoms. The predicted octanol–water partition coefficient (Wildman–Crippen LogP) is 2.66. The van der Waals surface area contributed by atoms with Crippen molar-refractivity contribution in [2.24, 2.45) is 0 Å². The van der Waals surface area contributed by atoms with Crippen molar-refractivity contribution in [3.05, 3.63) is 42.1 Å². The molecule has 1 atom stereocenters. The monoisotopic (exact) mass is 526 g/mol. The molecule has 1 aromatic carbocycles. The number of aromatic nitrogens is 1. The third kappa shape index (κ3) is 5.02. The molecule has 11 heteroatoms. The Morgan fingerprint density at radius 3 is 2.43 bits per heavy atom. The molecule has 0 radical (unpaired) electrons. The molecule has 3 aliphatic rings. The van der Waals surface area contributed by atoms with Gasteiger partial charge in [0.05, 0.1) is 23.8 Å². The fourth-order valence-electron chi connectivity index (χ4n) is 5.68. The number of hydrogen-bond donors (Lipinski definition) is 1. The first-order valence-corrected chi connectivity index (χ1v) is 14.7. The molecule has 1 aliphatic carbocycles. The van der Waals surface area contributed by atoms with Gasteiger partial charge >= 0.3 is 0 Å². The van der Waals surface area contributed by atoms with E-state index in [9.17, 15) is 18.0 Å². The van der Waals surface area contributed by atoms with Crippen molar-refractivity contribution in [2.45, 2.75) is 44.7 Å². The fraction of sp³-hybridized carbons (Fsp3) is 0.500. The van der Waals surface area contributed by atoms with Crippen molar-refractivity contribution in [3.8, 4) is 0 Å². The highest BCUT2D eigenvalue weighted by atomic mass is 32.2. The molecular formula is C26H34N6O4S. The number of amides is 2. The summed E-state index contributed by atoms with van der Waals surface area (Å²) in [5.74, 6) is 0.588. The van der Waals surface area contributed by atoms with Crippen LogP contribution in [-0.2, 0) is 14.8 Å². The summed E-state index contributed by atoms with van der Waals surface area (Å²) in [6, 6.07) is 9.35. The molecule has 1 aromatic heterocycles. The molecular weight excluding hydrogens is 492 g/mol. The number of likely N-dealkylation sites (N-methyl/N-ethyl adjacent to an activating group) is 1. The Kier molecular flexibility index (Phi) is 6.84. The minimum atomic E-state index is -3.25. The molecule has 1 saturated heterocycles. The van der Waals surface area contributed by atoms with E-state index < -0.39 is 10.0 Å². The van der Waals surface area contributed by atoms with Gasteiger partial charge < -0.3 is 20.0 Å². The van der Waals surface area contributed by atoms with E-state index in [0.29, 0.717) is 43.6 Å². The highest BCUT2D eigenvalue weighted by Gasteiger charge is 2.38. The van der Waals surface area contributed by atoms with Crippen LogP contribution in [0.5, 0.6) is 0 Å². The Morgan fingerprint density at radius 1 is 1.05 bits per heavy atom. The molecule has 198 valence electrons. The smallest absolute Gasteiger partial charge is 0.254 e. The summed E-state index contributed by atoms with van der Waals surface area (Å²) in [5, 5.41) is 3.33. The second-order valence-corrected chi connectivity index (χ2v) is 12.1. The molecule has 5 rings (SSSR count). The maximum Gasteiger partial charge on any atom is 0.254 e. The molecule has 2 aromatic rings. The number of benzene rings is 1. The third-order valence-corrected chi connectivity index (χ3v) is 9.00. The summed E-state index contributed by atoms with van der Waals surface area (Å²) in [7, 11) is -1.46. The molecule has 1 unspecified atom stereocenters. The van der Waals surface area contributed by atoms with Crippen LogP contribution in [-0.4, -0.2) is 86.0 Å². The lowest BCUT2D eigenvalue weighted by Crippen LogP contribution is -2.54. The molecule has 2 amide bonds. The van der Waals surface area contributed by atoms with Crippen LogP contribution in [0.1, 0.15) is 43.0 Å². The Labute approximate surface area is 218 Å². The van der Waals surface area contributed by atoms with E-state index in [1.54, 1.807) is 35.2 Å². The summed E-state index contributed by atoms with van der Waals surface area (Å²) < 4.78 is 24.9. The molecule has 10 nitrogen and oxygen atoms in total. The number of nitrogens with one attached hydrogen (secondary N) is 1. The van der Waals surface area contributed by atoms with Gasteiger partial charge in [0, 0.05) is 56.6 Å². The van der Waals surface area contributed by atoms with Gasteiger partial charge in [0.1, 0.15) is 11.9 Å². The van der Waals surface area contributed by atoms with Gasteiger partial charge in [-0.3, -0.25) is 9.59 Å². The maximum absolute atomic E-state index is 13.1. The van der Waals surface area contributed by atoms with E-state index in [2.05, 4.69) is 15.2 Å². The zero-order valence-corrected chi connectivity index (χ0v) is 22.4. The van der Waals surface area contributed by atoms with Crippen molar-refractivity contribution in [3.63, 3.8) is 0 Å². The zero-order valence-electron chi connectivity index (χ0n) is 21.6. The van der Waals surface area contributed by atoms with Crippen molar-refractivity contribution >= 4 is 44.7 Å². The van der Waals surface area contributed by atoms with E-state index >= 15 is 0 Å². The van der Waals surface area contributed by atoms with Crippen LogP contribution < -0.4 is 15.1 Å². The average molecular weight is 527 g/mol. The normalized spacial score (nSPS) is 21.3. The Hall–Kier alpha value is -3.18. The summed E-state index contributed by atoms with van der Waals surface area (Å²) in [6.07, 6.45) is 7.43. The number of piperazine rings is 1. The van der Waals surface area contributed by atoms with Gasteiger partial charge in [0.25, 0.3) is 5.91 Å². The molecule has 2 aliphatic heterocycles. The van der Waals surface area contributed by atoms with Gasteiger partial charge in [-0.1, -0.05) is 18.9 Å². The maximum atomic E-state index is 13.1. The van der Waals surface area contributed by atoms with E-state index in [4.69, 9.17) is 0 Å². The van der Waals surface area contributed by atoms with Gasteiger partial charge in [-0.2, -0.15) is 4.31 Å². The minimum absolute atomic E-state index is 0.0745. The van der Waals surface area contributed by atoms with E-state index in [0.717, 1.165) is 29.9 Å². The number of sulfonamides is 1. The molecule has 2 fully saturated rings. The van der Waals surface area contributed by atoms with Crippen LogP contribution in [0.3, 0.4) is 0 Å². The quantitative estimate of drug-likeness (QED) is 0.639. The lowest BCUT2D eigenvalue weighted by molar-refractivity contribution is -0.119. The SMILES string of the molecule is CC1C(=O)N(C)c2cnc(Nc3cccc(C(=O)N4CCN(S(C)(=O)=O)CC4)c3)cc2N1C1CCCC1. The number of anilines is 4. The topological polar surface area (TPSA) is 106 Å². The number of carbonyl (C=O) groups excluding carboxylic acids is 2. The zero-order chi connectivity index (χ0) is 26.3. The van der Waals surface area contributed by atoms with Gasteiger partial charge in [-0.05, 0) is 38.0 Å². The highest BCUT2D eigenvalue weighted by Crippen LogP contribution is 2.41. The first-order chi connectivity index (χ1) is 17.6. The van der Waals surface area contributed by atoms with Gasteiger partial charge in [-0.25, -0.2) is 13.4 Å². The van der Waals surface area contributed by atoms with Crippen molar-refractivity contribution in [1.29, 1.82) is 0 Å². The van der Waals surface area contributed by atoms with Gasteiger partial charge in [0.15, 0.2) is 0 Å². The van der Waals surface area contributed by atoms with Crippen LogP contribution in [0.2, 0.25) is 0 Å². The molecule has 0 spiro atoms. The predicted molar refractivity (Wildman–Crippen MR) is 144 cm³/mol. The summed E-state index contributed by atoms with van der Waals surface area (Å²) in [5.41, 5.74) is 3.06. The van der Waals surface area contributed by atoms with Crippen molar-refractivity contribution < 1.29 is 18.0 Å². The number of rotatable bonds is 5. The number of fused-ring (bicyclic) bond motifs is 1. The molecule has 1 N–H and O–H groups in total. The van der Waals surface area contributed by atoms with Gasteiger partial charge in [0.2, 0.25) is 15.9 Å². The second kappa shape index (κ2) is 9.94. The summed E-state index contributed by atoms with van der Waals surface area (Å²) >= 11 is 0. The first-order valence-electron chi connectivity index (χ1n) is 12.8. The standard InChI is InChI=1S/C26H34N6O4S/c1-18-25(33)29(2)23-17-27-24(16-22(23)32(18)21-9-4-5-10-21)28-20-8-6-7-19(15-20)26(34)30-11-13-31(14-12-30)37(3,35)36/h6-8,15-18,21H,4-5,9-14H2,1-3H3,(H,27,28). The lowest BCUT2D eigenvalue weighted by atomic mass is 10.0. The van der Waals surface area contributed by atoms with E-state index in [1.807, 2.05) is 25.1 Å². The van der Waals surface area contributed by atoms with E-state index in [1.165, 1.54) is 23.4 Å². The number of nitrogens with zero attached hydrogens (tertiary/aromatic N) is 5. The van der Waals surface area contributed by atoms with Crippen LogP contribution in [0.15, 0.2) is 36.5 Å². The Balaban J connectivity index is 1.35. The number of pyridine rings is 1. The second-order valence-electron chi connectivity index (χ2n) is 10.1. The van der Waals surface area contributed by atoms with Gasteiger partial charge in [-0.15, -0.1) is 0 Å². The fourth-order valence-corrected chi connectivity index (χ4v) is 6.50. The van der Waals surface area contributed by atoms with Crippen molar-refractivity contribution in [2.75, 3.05) is 54.6 Å². The summed E-state index contributed by atoms with van der Waals surface area (Å²) in [6.45, 7) is 3.29. The van der Waals surface area contributed by atoms with E-state index in [-0.39, 0.29) is 17.9 Å². The molecule has 3 heterocycles. The molecule has 1 saturated carbocycles. The van der Waals surface area contributed by atoms with Crippen LogP contribution >= 0.6 is 0 Å². The average Bonchev–Trinajstić information content (AvgIpc) is 3.41. The van der Waals surface area contributed by atoms with Crippen LogP contribution in [0, 0.1) is 0 Å². The van der Waals surface area contributed by atoms with Crippen LogP contribution in [0.25, 0.3) is 0 Å². The third-order valence-electron chi connectivity index (χ3n) is 7.70. The lowest BCUT2D eigenvalue weighted by Gasteiger charge is -2.43. The number of carbonyl (C=O) groups is 2. The van der Waals surface area contributed by atoms with Crippen molar-refractivity contribution in [1.82, 2.24) is 14.2 Å². The molecule has 0 bridgehead atoms. The Morgan fingerprint density at radius 2 is 1.76 bits per heavy atom. The first kappa shape index (κ1) is 25.5. The minimum Gasteiger partial charge on any atom is -0.355 e. The van der Waals surface area contributed by atoms with Crippen LogP contribution in [0.4, 0.5) is 22.9 Å².